The van der Waals surface area contributed by atoms with Crippen LogP contribution in [0.15, 0.2) is 48.6 Å². The number of unbranched alkanes of at least 4 members (excludes halogenated alkanes) is 17. The molecule has 0 aliphatic heterocycles. The molecule has 0 radical (unpaired) electrons. The van der Waals surface area contributed by atoms with Crippen molar-refractivity contribution in [3.63, 3.8) is 0 Å². The topological polar surface area (TPSA) is 89.8 Å². The largest absolute Gasteiger partial charge is 0.394 e. The Hall–Kier alpha value is -1.69. The summed E-state index contributed by atoms with van der Waals surface area (Å²) in [6, 6.07) is -0.825. The molecule has 5 heteroatoms. The van der Waals surface area contributed by atoms with Gasteiger partial charge in [-0.1, -0.05) is 146 Å². The van der Waals surface area contributed by atoms with E-state index in [1.54, 1.807) is 6.08 Å². The highest BCUT2D eigenvalue weighted by Crippen LogP contribution is 2.12. The first-order chi connectivity index (χ1) is 21.1. The zero-order chi connectivity index (χ0) is 31.6. The number of hydrogen-bond acceptors (Lipinski definition) is 4. The maximum absolute atomic E-state index is 12.3. The minimum absolute atomic E-state index is 0.386. The maximum atomic E-state index is 12.3. The predicted octanol–water partition coefficient (Wildman–Crippen LogP) is 9.42. The van der Waals surface area contributed by atoms with Gasteiger partial charge in [0, 0.05) is 0 Å². The monoisotopic (exact) mass is 604 g/mol. The molecule has 3 unspecified atom stereocenters. The summed E-state index contributed by atoms with van der Waals surface area (Å²) in [5, 5.41) is 32.8. The molecule has 43 heavy (non-hydrogen) atoms. The number of nitrogens with one attached hydrogen (secondary N) is 1. The first-order valence-electron chi connectivity index (χ1n) is 18.0. The number of rotatable bonds is 31. The van der Waals surface area contributed by atoms with Crippen molar-refractivity contribution in [2.45, 2.75) is 180 Å². The summed E-state index contributed by atoms with van der Waals surface area (Å²) < 4.78 is 0. The highest BCUT2D eigenvalue weighted by atomic mass is 16.3. The molecule has 250 valence electrons. The fourth-order valence-corrected chi connectivity index (χ4v) is 4.96. The van der Waals surface area contributed by atoms with Crippen LogP contribution < -0.4 is 5.32 Å². The van der Waals surface area contributed by atoms with Gasteiger partial charge in [-0.3, -0.25) is 4.79 Å². The van der Waals surface area contributed by atoms with E-state index in [1.807, 2.05) is 6.08 Å². The van der Waals surface area contributed by atoms with Gasteiger partial charge in [0.1, 0.15) is 6.10 Å². The zero-order valence-electron chi connectivity index (χ0n) is 28.1. The molecule has 0 rings (SSSR count). The van der Waals surface area contributed by atoms with Gasteiger partial charge >= 0.3 is 0 Å². The molecule has 0 aliphatic carbocycles. The van der Waals surface area contributed by atoms with Crippen molar-refractivity contribution in [1.82, 2.24) is 5.32 Å². The molecular formula is C38H69NO4. The highest BCUT2D eigenvalue weighted by molar-refractivity contribution is 5.80. The SMILES string of the molecule is CCCC/C=C\CCCCCC(O)C(=O)NC(CO)C(O)/C=C/CC/C=C/CC/C=C/CCCCCCCCCCCC. The quantitative estimate of drug-likeness (QED) is 0.0469. The number of carbonyl (C=O) groups excluding carboxylic acids is 1. The lowest BCUT2D eigenvalue weighted by molar-refractivity contribution is -0.131. The molecule has 3 atom stereocenters. The number of aliphatic hydroxyl groups excluding tert-OH is 3. The number of aliphatic hydroxyl groups is 3. The van der Waals surface area contributed by atoms with Gasteiger partial charge in [0.05, 0.1) is 18.8 Å². The van der Waals surface area contributed by atoms with E-state index >= 15 is 0 Å². The van der Waals surface area contributed by atoms with Gasteiger partial charge in [-0.15, -0.1) is 0 Å². The van der Waals surface area contributed by atoms with Crippen molar-refractivity contribution in [2.24, 2.45) is 0 Å². The summed E-state index contributed by atoms with van der Waals surface area (Å²) in [4.78, 5) is 12.3. The minimum Gasteiger partial charge on any atom is -0.394 e. The van der Waals surface area contributed by atoms with Gasteiger partial charge in [0.15, 0.2) is 0 Å². The van der Waals surface area contributed by atoms with Crippen LogP contribution in [0.2, 0.25) is 0 Å². The Balaban J connectivity index is 3.84. The van der Waals surface area contributed by atoms with Gasteiger partial charge in [-0.25, -0.2) is 0 Å². The van der Waals surface area contributed by atoms with E-state index in [4.69, 9.17) is 0 Å². The third-order valence-corrected chi connectivity index (χ3v) is 7.87. The molecule has 0 saturated heterocycles. The van der Waals surface area contributed by atoms with Crippen LogP contribution in [-0.2, 0) is 4.79 Å². The minimum atomic E-state index is -1.12. The Morgan fingerprint density at radius 3 is 1.49 bits per heavy atom. The van der Waals surface area contributed by atoms with E-state index < -0.39 is 24.2 Å². The molecule has 5 nitrogen and oxygen atoms in total. The normalized spacial score (nSPS) is 14.4. The van der Waals surface area contributed by atoms with Gasteiger partial charge in [0.25, 0.3) is 0 Å². The van der Waals surface area contributed by atoms with E-state index in [-0.39, 0.29) is 6.61 Å². The van der Waals surface area contributed by atoms with E-state index in [2.05, 4.69) is 55.6 Å². The molecule has 0 aromatic carbocycles. The Morgan fingerprint density at radius 2 is 0.977 bits per heavy atom. The molecular weight excluding hydrogens is 534 g/mol. The second kappa shape index (κ2) is 33.2. The standard InChI is InChI=1S/C38H69NO4/c1-3-5-7-9-11-13-14-15-16-17-18-19-20-21-22-23-25-26-28-30-32-36(41)35(34-40)39-38(43)37(42)33-31-29-27-24-12-10-8-6-4-2/h10,12,19-20,23,25,30,32,35-37,40-42H,3-9,11,13-18,21-22,24,26-29,31,33-34H2,1-2H3,(H,39,43)/b12-10-,20-19+,25-23+,32-30+. The Bertz CT molecular complexity index is 715. The zero-order valence-corrected chi connectivity index (χ0v) is 28.1. The molecule has 4 N–H and O–H groups in total. The van der Waals surface area contributed by atoms with Crippen molar-refractivity contribution in [2.75, 3.05) is 6.61 Å². The molecule has 0 heterocycles. The van der Waals surface area contributed by atoms with Gasteiger partial charge < -0.3 is 20.6 Å². The molecule has 0 fully saturated rings. The molecule has 0 aliphatic rings. The first kappa shape index (κ1) is 41.3. The van der Waals surface area contributed by atoms with Crippen LogP contribution in [0.25, 0.3) is 0 Å². The second-order valence-electron chi connectivity index (χ2n) is 12.1. The van der Waals surface area contributed by atoms with E-state index in [0.29, 0.717) is 6.42 Å². The fourth-order valence-electron chi connectivity index (χ4n) is 4.96. The van der Waals surface area contributed by atoms with Crippen LogP contribution >= 0.6 is 0 Å². The van der Waals surface area contributed by atoms with Crippen LogP contribution in [0.4, 0.5) is 0 Å². The average molecular weight is 604 g/mol. The predicted molar refractivity (Wildman–Crippen MR) is 185 cm³/mol. The van der Waals surface area contributed by atoms with Crippen LogP contribution in [0.1, 0.15) is 162 Å². The van der Waals surface area contributed by atoms with E-state index in [9.17, 15) is 20.1 Å². The summed E-state index contributed by atoms with van der Waals surface area (Å²) in [6.07, 6.45) is 41.4. The maximum Gasteiger partial charge on any atom is 0.249 e. The molecule has 0 bridgehead atoms. The van der Waals surface area contributed by atoms with Crippen molar-refractivity contribution < 1.29 is 20.1 Å². The third-order valence-electron chi connectivity index (χ3n) is 7.87. The average Bonchev–Trinajstić information content (AvgIpc) is 3.01. The van der Waals surface area contributed by atoms with Crippen molar-refractivity contribution in [1.29, 1.82) is 0 Å². The lowest BCUT2D eigenvalue weighted by Crippen LogP contribution is -2.48. The summed E-state index contributed by atoms with van der Waals surface area (Å²) in [7, 11) is 0. The summed E-state index contributed by atoms with van der Waals surface area (Å²) in [6.45, 7) is 4.07. The third kappa shape index (κ3) is 28.8. The van der Waals surface area contributed by atoms with Gasteiger partial charge in [0.2, 0.25) is 5.91 Å². The Morgan fingerprint density at radius 1 is 0.558 bits per heavy atom. The molecule has 0 saturated carbocycles. The fraction of sp³-hybridized carbons (Fsp3) is 0.763. The lowest BCUT2D eigenvalue weighted by atomic mass is 10.1. The number of hydrogen-bond donors (Lipinski definition) is 4. The molecule has 0 aromatic heterocycles. The smallest absolute Gasteiger partial charge is 0.249 e. The highest BCUT2D eigenvalue weighted by Gasteiger charge is 2.22. The Labute approximate surface area is 266 Å². The van der Waals surface area contributed by atoms with Crippen molar-refractivity contribution in [3.05, 3.63) is 48.6 Å². The van der Waals surface area contributed by atoms with Crippen LogP contribution in [-0.4, -0.2) is 46.1 Å². The number of amides is 1. The van der Waals surface area contributed by atoms with E-state index in [0.717, 1.165) is 57.8 Å². The summed E-state index contributed by atoms with van der Waals surface area (Å²) in [5.41, 5.74) is 0. The molecule has 1 amide bonds. The second-order valence-corrected chi connectivity index (χ2v) is 12.1. The summed E-state index contributed by atoms with van der Waals surface area (Å²) >= 11 is 0. The van der Waals surface area contributed by atoms with Crippen LogP contribution in [0, 0.1) is 0 Å². The number of carbonyl (C=O) groups is 1. The first-order valence-corrected chi connectivity index (χ1v) is 18.0. The lowest BCUT2D eigenvalue weighted by Gasteiger charge is -2.21. The van der Waals surface area contributed by atoms with Crippen LogP contribution in [0.3, 0.4) is 0 Å². The summed E-state index contributed by atoms with van der Waals surface area (Å²) in [5.74, 6) is -0.536. The van der Waals surface area contributed by atoms with Crippen LogP contribution in [0.5, 0.6) is 0 Å². The van der Waals surface area contributed by atoms with E-state index in [1.165, 1.54) is 83.5 Å². The molecule has 0 aromatic rings. The number of allylic oxidation sites excluding steroid dienone is 7. The van der Waals surface area contributed by atoms with Gasteiger partial charge in [-0.05, 0) is 64.2 Å². The Kier molecular flexibility index (Phi) is 31.9. The van der Waals surface area contributed by atoms with Crippen molar-refractivity contribution >= 4 is 5.91 Å². The molecule has 0 spiro atoms. The van der Waals surface area contributed by atoms with Crippen molar-refractivity contribution in [3.8, 4) is 0 Å². The van der Waals surface area contributed by atoms with Gasteiger partial charge in [-0.2, -0.15) is 0 Å².